The molecule has 1 aromatic carbocycles. The SMILES string of the molecule is Cn1cnc2ccc(CCC3(N)CC3)cc21. The predicted octanol–water partition coefficient (Wildman–Crippen LogP) is 2.00. The summed E-state index contributed by atoms with van der Waals surface area (Å²) < 4.78 is 2.06. The largest absolute Gasteiger partial charge is 0.334 e. The first-order valence-corrected chi connectivity index (χ1v) is 5.85. The Hall–Kier alpha value is -1.35. The lowest BCUT2D eigenvalue weighted by atomic mass is 10.0. The molecule has 2 N–H and O–H groups in total. The summed E-state index contributed by atoms with van der Waals surface area (Å²) in [6.07, 6.45) is 6.44. The molecule has 84 valence electrons. The maximum Gasteiger partial charge on any atom is 0.0955 e. The minimum absolute atomic E-state index is 0.154. The van der Waals surface area contributed by atoms with E-state index in [4.69, 9.17) is 5.73 Å². The molecular weight excluding hydrogens is 198 g/mol. The standard InChI is InChI=1S/C13H17N3/c1-16-9-15-11-3-2-10(8-12(11)16)4-5-13(14)6-7-13/h2-3,8-9H,4-7,14H2,1H3. The summed E-state index contributed by atoms with van der Waals surface area (Å²) in [7, 11) is 2.03. The van der Waals surface area contributed by atoms with E-state index in [0.717, 1.165) is 18.4 Å². The van der Waals surface area contributed by atoms with Crippen LogP contribution in [0.2, 0.25) is 0 Å². The van der Waals surface area contributed by atoms with Crippen LogP contribution in [0.4, 0.5) is 0 Å². The Morgan fingerprint density at radius 2 is 2.25 bits per heavy atom. The van der Waals surface area contributed by atoms with Gasteiger partial charge in [-0.15, -0.1) is 0 Å². The van der Waals surface area contributed by atoms with Crippen molar-refractivity contribution in [3.05, 3.63) is 30.1 Å². The summed E-state index contributed by atoms with van der Waals surface area (Å²) in [5.41, 5.74) is 9.90. The average Bonchev–Trinajstić information content (AvgIpc) is 2.92. The van der Waals surface area contributed by atoms with Gasteiger partial charge in [0.05, 0.1) is 17.4 Å². The number of nitrogens with zero attached hydrogens (tertiary/aromatic N) is 2. The molecule has 1 saturated carbocycles. The monoisotopic (exact) mass is 215 g/mol. The maximum atomic E-state index is 6.10. The second kappa shape index (κ2) is 3.32. The minimum Gasteiger partial charge on any atom is -0.334 e. The molecule has 0 unspecified atom stereocenters. The van der Waals surface area contributed by atoms with Crippen LogP contribution in [0.3, 0.4) is 0 Å². The summed E-state index contributed by atoms with van der Waals surface area (Å²) in [5, 5.41) is 0. The average molecular weight is 215 g/mol. The molecule has 0 spiro atoms. The van der Waals surface area contributed by atoms with Crippen molar-refractivity contribution in [2.45, 2.75) is 31.2 Å². The molecule has 1 aromatic heterocycles. The van der Waals surface area contributed by atoms with Gasteiger partial charge in [0, 0.05) is 12.6 Å². The summed E-state index contributed by atoms with van der Waals surface area (Å²) >= 11 is 0. The highest BCUT2D eigenvalue weighted by Gasteiger charge is 2.37. The number of rotatable bonds is 3. The van der Waals surface area contributed by atoms with Gasteiger partial charge in [0.25, 0.3) is 0 Å². The van der Waals surface area contributed by atoms with Crippen LogP contribution in [0.15, 0.2) is 24.5 Å². The number of nitrogens with two attached hydrogens (primary N) is 1. The Bertz CT molecular complexity index is 523. The first-order chi connectivity index (χ1) is 7.66. The highest BCUT2D eigenvalue weighted by Crippen LogP contribution is 2.36. The van der Waals surface area contributed by atoms with Crippen molar-refractivity contribution < 1.29 is 0 Å². The van der Waals surface area contributed by atoms with E-state index in [1.165, 1.54) is 23.9 Å². The maximum absolute atomic E-state index is 6.10. The van der Waals surface area contributed by atoms with Crippen LogP contribution in [0.25, 0.3) is 11.0 Å². The smallest absolute Gasteiger partial charge is 0.0955 e. The van der Waals surface area contributed by atoms with Gasteiger partial charge in [-0.3, -0.25) is 0 Å². The molecule has 0 bridgehead atoms. The lowest BCUT2D eigenvalue weighted by molar-refractivity contribution is 0.609. The van der Waals surface area contributed by atoms with Crippen molar-refractivity contribution in [2.75, 3.05) is 0 Å². The van der Waals surface area contributed by atoms with Crippen molar-refractivity contribution >= 4 is 11.0 Å². The molecule has 1 fully saturated rings. The Balaban J connectivity index is 1.83. The first-order valence-electron chi connectivity index (χ1n) is 5.85. The second-order valence-electron chi connectivity index (χ2n) is 5.04. The molecule has 2 aromatic rings. The van der Waals surface area contributed by atoms with Gasteiger partial charge in [0.15, 0.2) is 0 Å². The third-order valence-electron chi connectivity index (χ3n) is 3.59. The molecule has 3 nitrogen and oxygen atoms in total. The molecule has 16 heavy (non-hydrogen) atoms. The van der Waals surface area contributed by atoms with Gasteiger partial charge in [-0.1, -0.05) is 6.07 Å². The molecule has 1 aliphatic rings. The van der Waals surface area contributed by atoms with Gasteiger partial charge in [-0.05, 0) is 43.4 Å². The second-order valence-corrected chi connectivity index (χ2v) is 5.04. The Morgan fingerprint density at radius 1 is 1.44 bits per heavy atom. The van der Waals surface area contributed by atoms with Crippen molar-refractivity contribution in [3.8, 4) is 0 Å². The van der Waals surface area contributed by atoms with Crippen LogP contribution in [0.1, 0.15) is 24.8 Å². The molecule has 0 radical (unpaired) electrons. The molecule has 3 heteroatoms. The highest BCUT2D eigenvalue weighted by atomic mass is 15.0. The van der Waals surface area contributed by atoms with Crippen LogP contribution in [0, 0.1) is 0 Å². The molecule has 0 atom stereocenters. The topological polar surface area (TPSA) is 43.8 Å². The zero-order valence-electron chi connectivity index (χ0n) is 9.61. The summed E-state index contributed by atoms with van der Waals surface area (Å²) in [6, 6.07) is 6.50. The van der Waals surface area contributed by atoms with E-state index in [1.54, 1.807) is 0 Å². The van der Waals surface area contributed by atoms with Gasteiger partial charge in [-0.25, -0.2) is 4.98 Å². The van der Waals surface area contributed by atoms with E-state index < -0.39 is 0 Å². The number of aromatic nitrogens is 2. The number of hydrogen-bond donors (Lipinski definition) is 1. The normalized spacial score (nSPS) is 17.9. The summed E-state index contributed by atoms with van der Waals surface area (Å²) in [5.74, 6) is 0. The third kappa shape index (κ3) is 1.71. The number of fused-ring (bicyclic) bond motifs is 1. The molecule has 0 aliphatic heterocycles. The predicted molar refractivity (Wildman–Crippen MR) is 65.2 cm³/mol. The van der Waals surface area contributed by atoms with E-state index in [-0.39, 0.29) is 5.54 Å². The van der Waals surface area contributed by atoms with Crippen molar-refractivity contribution in [2.24, 2.45) is 12.8 Å². The number of aryl methyl sites for hydroxylation is 2. The van der Waals surface area contributed by atoms with Gasteiger partial charge in [0.1, 0.15) is 0 Å². The van der Waals surface area contributed by atoms with E-state index in [9.17, 15) is 0 Å². The van der Waals surface area contributed by atoms with Crippen LogP contribution in [-0.2, 0) is 13.5 Å². The van der Waals surface area contributed by atoms with E-state index in [1.807, 2.05) is 13.4 Å². The fraction of sp³-hybridized carbons (Fsp3) is 0.462. The van der Waals surface area contributed by atoms with Crippen molar-refractivity contribution in [3.63, 3.8) is 0 Å². The molecule has 3 rings (SSSR count). The molecule has 1 heterocycles. The Labute approximate surface area is 95.3 Å². The number of hydrogen-bond acceptors (Lipinski definition) is 2. The zero-order chi connectivity index (χ0) is 11.2. The lowest BCUT2D eigenvalue weighted by Gasteiger charge is -2.08. The molecular formula is C13H17N3. The van der Waals surface area contributed by atoms with Crippen molar-refractivity contribution in [1.82, 2.24) is 9.55 Å². The van der Waals surface area contributed by atoms with Crippen LogP contribution < -0.4 is 5.73 Å². The van der Waals surface area contributed by atoms with E-state index in [2.05, 4.69) is 27.8 Å². The van der Waals surface area contributed by atoms with Crippen LogP contribution in [-0.4, -0.2) is 15.1 Å². The Morgan fingerprint density at radius 3 is 3.00 bits per heavy atom. The fourth-order valence-electron chi connectivity index (χ4n) is 2.13. The van der Waals surface area contributed by atoms with Crippen LogP contribution >= 0.6 is 0 Å². The molecule has 0 saturated heterocycles. The van der Waals surface area contributed by atoms with Crippen molar-refractivity contribution in [1.29, 1.82) is 0 Å². The van der Waals surface area contributed by atoms with E-state index >= 15 is 0 Å². The zero-order valence-corrected chi connectivity index (χ0v) is 9.61. The van der Waals surface area contributed by atoms with E-state index in [0.29, 0.717) is 0 Å². The summed E-state index contributed by atoms with van der Waals surface area (Å²) in [6.45, 7) is 0. The lowest BCUT2D eigenvalue weighted by Crippen LogP contribution is -2.22. The highest BCUT2D eigenvalue weighted by molar-refractivity contribution is 5.75. The summed E-state index contributed by atoms with van der Waals surface area (Å²) in [4.78, 5) is 4.32. The fourth-order valence-corrected chi connectivity index (χ4v) is 2.13. The third-order valence-corrected chi connectivity index (χ3v) is 3.59. The quantitative estimate of drug-likeness (QED) is 0.851. The van der Waals surface area contributed by atoms with Crippen LogP contribution in [0.5, 0.6) is 0 Å². The number of benzene rings is 1. The number of imidazole rings is 1. The van der Waals surface area contributed by atoms with Gasteiger partial charge in [-0.2, -0.15) is 0 Å². The Kier molecular flexibility index (Phi) is 2.04. The van der Waals surface area contributed by atoms with Gasteiger partial charge < -0.3 is 10.3 Å². The van der Waals surface area contributed by atoms with Gasteiger partial charge in [0.2, 0.25) is 0 Å². The minimum atomic E-state index is 0.154. The van der Waals surface area contributed by atoms with Gasteiger partial charge >= 0.3 is 0 Å². The first kappa shape index (κ1) is 9.85. The molecule has 0 amide bonds. The molecule has 1 aliphatic carbocycles.